The number of hydrogen-bond donors (Lipinski definition) is 0. The summed E-state index contributed by atoms with van der Waals surface area (Å²) in [5.74, 6) is 0.750. The lowest BCUT2D eigenvalue weighted by Gasteiger charge is -2.61. The van der Waals surface area contributed by atoms with E-state index >= 15 is 0 Å². The molecular formula is C26H32N2O2. The molecule has 0 bridgehead atoms. The Bertz CT molecular complexity index is 896. The first-order valence-electron chi connectivity index (χ1n) is 11.1. The summed E-state index contributed by atoms with van der Waals surface area (Å²) in [6.07, 6.45) is 2.08. The van der Waals surface area contributed by atoms with E-state index in [0.29, 0.717) is 23.1 Å². The van der Waals surface area contributed by atoms with Crippen molar-refractivity contribution in [1.82, 2.24) is 9.80 Å². The summed E-state index contributed by atoms with van der Waals surface area (Å²) < 4.78 is 0. The fourth-order valence-electron chi connectivity index (χ4n) is 5.31. The minimum absolute atomic E-state index is 0.0248. The number of carbonyl (C=O) groups is 2. The SMILES string of the molecule is CC(=O)c1ccc(C(=O)N2CCC3(CC2)CN(CC(C)C)C3c2ccccc2)cc1. The largest absolute Gasteiger partial charge is 0.339 e. The number of piperidine rings is 1. The molecule has 158 valence electrons. The van der Waals surface area contributed by atoms with Crippen LogP contribution in [0.3, 0.4) is 0 Å². The Morgan fingerprint density at radius 2 is 1.57 bits per heavy atom. The van der Waals surface area contributed by atoms with Crippen LogP contribution >= 0.6 is 0 Å². The molecule has 0 radical (unpaired) electrons. The Hall–Kier alpha value is -2.46. The Morgan fingerprint density at radius 1 is 0.967 bits per heavy atom. The molecule has 4 rings (SSSR count). The van der Waals surface area contributed by atoms with Crippen molar-refractivity contribution in [2.45, 2.75) is 39.7 Å². The third-order valence-electron chi connectivity index (χ3n) is 6.76. The molecule has 4 heteroatoms. The summed E-state index contributed by atoms with van der Waals surface area (Å²) in [6.45, 7) is 9.95. The predicted octanol–water partition coefficient (Wildman–Crippen LogP) is 4.82. The van der Waals surface area contributed by atoms with Crippen LogP contribution in [0.5, 0.6) is 0 Å². The molecule has 2 aliphatic rings. The summed E-state index contributed by atoms with van der Waals surface area (Å²) in [7, 11) is 0. The van der Waals surface area contributed by atoms with Crippen LogP contribution in [-0.2, 0) is 0 Å². The Kier molecular flexibility index (Phi) is 5.79. The highest BCUT2D eigenvalue weighted by Gasteiger charge is 2.54. The molecule has 1 unspecified atom stereocenters. The highest BCUT2D eigenvalue weighted by atomic mass is 16.2. The van der Waals surface area contributed by atoms with Gasteiger partial charge in [-0.1, -0.05) is 56.3 Å². The first-order chi connectivity index (χ1) is 14.4. The van der Waals surface area contributed by atoms with Gasteiger partial charge in [-0.2, -0.15) is 0 Å². The molecule has 0 saturated carbocycles. The Balaban J connectivity index is 1.46. The molecule has 2 aromatic carbocycles. The normalized spacial score (nSPS) is 20.9. The average molecular weight is 405 g/mol. The van der Waals surface area contributed by atoms with Gasteiger partial charge >= 0.3 is 0 Å². The van der Waals surface area contributed by atoms with Crippen LogP contribution in [0.2, 0.25) is 0 Å². The number of rotatable bonds is 5. The Labute approximate surface area is 179 Å². The van der Waals surface area contributed by atoms with Gasteiger partial charge in [0.1, 0.15) is 0 Å². The van der Waals surface area contributed by atoms with Crippen molar-refractivity contribution in [1.29, 1.82) is 0 Å². The minimum atomic E-state index is 0.0248. The number of nitrogens with zero attached hydrogens (tertiary/aromatic N) is 2. The smallest absolute Gasteiger partial charge is 0.253 e. The number of Topliss-reactive ketones (excluding diaryl/α,β-unsaturated/α-hetero) is 1. The molecule has 1 amide bonds. The number of amides is 1. The van der Waals surface area contributed by atoms with Gasteiger partial charge in [-0.15, -0.1) is 0 Å². The number of hydrogen-bond acceptors (Lipinski definition) is 3. The van der Waals surface area contributed by atoms with Gasteiger partial charge in [0.2, 0.25) is 0 Å². The van der Waals surface area contributed by atoms with Crippen molar-refractivity contribution >= 4 is 11.7 Å². The van der Waals surface area contributed by atoms with Gasteiger partial charge in [-0.25, -0.2) is 0 Å². The second-order valence-electron chi connectivity index (χ2n) is 9.42. The number of likely N-dealkylation sites (tertiary alicyclic amines) is 2. The molecule has 0 aromatic heterocycles. The van der Waals surface area contributed by atoms with Crippen LogP contribution in [-0.4, -0.2) is 47.7 Å². The van der Waals surface area contributed by atoms with Crippen LogP contribution in [0, 0.1) is 11.3 Å². The van der Waals surface area contributed by atoms with Gasteiger partial charge in [-0.05, 0) is 43.4 Å². The van der Waals surface area contributed by atoms with Crippen molar-refractivity contribution < 1.29 is 9.59 Å². The van der Waals surface area contributed by atoms with Gasteiger partial charge in [0, 0.05) is 48.8 Å². The second kappa shape index (κ2) is 8.35. The van der Waals surface area contributed by atoms with Gasteiger partial charge in [-0.3, -0.25) is 14.5 Å². The summed E-state index contributed by atoms with van der Waals surface area (Å²) in [5, 5.41) is 0. The van der Waals surface area contributed by atoms with Crippen molar-refractivity contribution in [2.24, 2.45) is 11.3 Å². The number of benzene rings is 2. The molecule has 1 atom stereocenters. The molecule has 2 fully saturated rings. The molecule has 2 aromatic rings. The van der Waals surface area contributed by atoms with Crippen LogP contribution in [0.15, 0.2) is 54.6 Å². The second-order valence-corrected chi connectivity index (χ2v) is 9.42. The van der Waals surface area contributed by atoms with E-state index in [1.54, 1.807) is 31.2 Å². The monoisotopic (exact) mass is 404 g/mol. The molecule has 2 heterocycles. The van der Waals surface area contributed by atoms with E-state index in [0.717, 1.165) is 39.0 Å². The van der Waals surface area contributed by atoms with Crippen molar-refractivity contribution in [3.8, 4) is 0 Å². The van der Waals surface area contributed by atoms with Gasteiger partial charge in [0.05, 0.1) is 0 Å². The number of ketones is 1. The van der Waals surface area contributed by atoms with E-state index < -0.39 is 0 Å². The molecule has 1 spiro atoms. The van der Waals surface area contributed by atoms with E-state index in [4.69, 9.17) is 0 Å². The van der Waals surface area contributed by atoms with E-state index in [-0.39, 0.29) is 17.1 Å². The standard InChI is InChI=1S/C26H32N2O2/c1-19(2)17-28-18-26(24(28)22-7-5-4-6-8-22)13-15-27(16-14-26)25(30)23-11-9-21(10-12-23)20(3)29/h4-12,19,24H,13-18H2,1-3H3. The molecule has 30 heavy (non-hydrogen) atoms. The van der Waals surface area contributed by atoms with E-state index in [9.17, 15) is 9.59 Å². The first-order valence-corrected chi connectivity index (χ1v) is 11.1. The molecule has 4 nitrogen and oxygen atoms in total. The molecule has 0 aliphatic carbocycles. The third kappa shape index (κ3) is 3.93. The van der Waals surface area contributed by atoms with Crippen molar-refractivity contribution in [2.75, 3.05) is 26.2 Å². The fraction of sp³-hybridized carbons (Fsp3) is 0.462. The highest BCUT2D eigenvalue weighted by Crippen LogP contribution is 2.55. The maximum atomic E-state index is 13.0. The zero-order chi connectivity index (χ0) is 21.3. The molecule has 2 saturated heterocycles. The maximum absolute atomic E-state index is 13.0. The van der Waals surface area contributed by atoms with Crippen molar-refractivity contribution in [3.05, 3.63) is 71.3 Å². The minimum Gasteiger partial charge on any atom is -0.339 e. The maximum Gasteiger partial charge on any atom is 0.253 e. The van der Waals surface area contributed by atoms with Crippen molar-refractivity contribution in [3.63, 3.8) is 0 Å². The molecule has 2 aliphatic heterocycles. The van der Waals surface area contributed by atoms with Gasteiger partial charge < -0.3 is 4.90 Å². The fourth-order valence-corrected chi connectivity index (χ4v) is 5.31. The summed E-state index contributed by atoms with van der Waals surface area (Å²) in [5.41, 5.74) is 3.00. The summed E-state index contributed by atoms with van der Waals surface area (Å²) in [4.78, 5) is 29.1. The highest BCUT2D eigenvalue weighted by molar-refractivity contribution is 5.97. The van der Waals surface area contributed by atoms with Crippen LogP contribution in [0.4, 0.5) is 0 Å². The predicted molar refractivity (Wildman–Crippen MR) is 120 cm³/mol. The molecule has 0 N–H and O–H groups in total. The summed E-state index contributed by atoms with van der Waals surface area (Å²) >= 11 is 0. The Morgan fingerprint density at radius 3 is 2.13 bits per heavy atom. The van der Waals surface area contributed by atoms with Crippen LogP contribution in [0.25, 0.3) is 0 Å². The van der Waals surface area contributed by atoms with Crippen LogP contribution < -0.4 is 0 Å². The third-order valence-corrected chi connectivity index (χ3v) is 6.76. The molecular weight excluding hydrogens is 372 g/mol. The van der Waals surface area contributed by atoms with E-state index in [1.165, 1.54) is 5.56 Å². The number of carbonyl (C=O) groups excluding carboxylic acids is 2. The van der Waals surface area contributed by atoms with Crippen LogP contribution in [0.1, 0.15) is 65.9 Å². The first kappa shape index (κ1) is 20.8. The lowest BCUT2D eigenvalue weighted by Crippen LogP contribution is -2.63. The van der Waals surface area contributed by atoms with Gasteiger partial charge in [0.25, 0.3) is 5.91 Å². The topological polar surface area (TPSA) is 40.6 Å². The van der Waals surface area contributed by atoms with Gasteiger partial charge in [0.15, 0.2) is 5.78 Å². The van der Waals surface area contributed by atoms with E-state index in [1.807, 2.05) is 4.90 Å². The summed E-state index contributed by atoms with van der Waals surface area (Å²) in [6, 6.07) is 18.4. The lowest BCUT2D eigenvalue weighted by atomic mass is 9.63. The van der Waals surface area contributed by atoms with E-state index in [2.05, 4.69) is 49.1 Å². The zero-order valence-corrected chi connectivity index (χ0v) is 18.3. The average Bonchev–Trinajstić information content (AvgIpc) is 2.73. The lowest BCUT2D eigenvalue weighted by molar-refractivity contribution is -0.112. The zero-order valence-electron chi connectivity index (χ0n) is 18.3. The quantitative estimate of drug-likeness (QED) is 0.671.